The molecule has 4 rings (SSSR count). The van der Waals surface area contributed by atoms with Gasteiger partial charge in [-0.1, -0.05) is 13.8 Å². The van der Waals surface area contributed by atoms with Crippen LogP contribution in [0.2, 0.25) is 0 Å². The summed E-state index contributed by atoms with van der Waals surface area (Å²) in [5, 5.41) is 11.3. The molecule has 0 aromatic carbocycles. The molecule has 0 amide bonds. The van der Waals surface area contributed by atoms with E-state index in [0.717, 1.165) is 17.1 Å². The Balaban J connectivity index is 0.000000671. The Bertz CT molecular complexity index is 832. The van der Waals surface area contributed by atoms with Gasteiger partial charge in [-0.15, -0.1) is 24.0 Å². The number of hydrogen-bond donors (Lipinski definition) is 3. The Morgan fingerprint density at radius 1 is 1.17 bits per heavy atom. The number of halogens is 1. The molecule has 3 aromatic rings. The molecular weight excluding hydrogens is 508 g/mol. The monoisotopic (exact) mass is 538 g/mol. The first-order valence-corrected chi connectivity index (χ1v) is 9.11. The summed E-state index contributed by atoms with van der Waals surface area (Å²) in [5.41, 5.74) is 5.41. The second-order valence-electron chi connectivity index (χ2n) is 5.88. The van der Waals surface area contributed by atoms with Gasteiger partial charge < -0.3 is 10.7 Å². The third kappa shape index (κ3) is 8.23. The smallest absolute Gasteiger partial charge is 0.183 e. The third-order valence-corrected chi connectivity index (χ3v) is 3.94. The van der Waals surface area contributed by atoms with E-state index in [4.69, 9.17) is 5.84 Å². The summed E-state index contributed by atoms with van der Waals surface area (Å²) in [5.74, 6) is 7.16. The SMILES string of the molecule is CC.CNc1nc(-c2cc(C3CC3)nn2C)cnc1NN.Cn1cccn1.I.[K]. The van der Waals surface area contributed by atoms with Gasteiger partial charge in [0.2, 0.25) is 0 Å². The second-order valence-corrected chi connectivity index (χ2v) is 5.88. The standard InChI is InChI=1S/C12H17N7.C4H6N2.C2H6.HI.K/c1-14-11-12(17-13)15-6-9(16-11)10-5-8(7-3-4-7)18-19(10)2;1-6-4-2-3-5-6;1-2;;/h5-7H,3-4,13H2,1-2H3,(H,14,16)(H,15,17);2-4H,1H3;1-2H3;1H;. The average molecular weight is 539 g/mol. The second kappa shape index (κ2) is 14.4. The minimum Gasteiger partial charge on any atom is -0.370 e. The van der Waals surface area contributed by atoms with Crippen LogP contribution < -0.4 is 16.6 Å². The summed E-state index contributed by atoms with van der Waals surface area (Å²) in [4.78, 5) is 8.76. The summed E-state index contributed by atoms with van der Waals surface area (Å²) >= 11 is 0. The minimum atomic E-state index is 0. The number of aromatic nitrogens is 6. The van der Waals surface area contributed by atoms with Crippen molar-refractivity contribution in [1.82, 2.24) is 29.5 Å². The molecule has 0 bridgehead atoms. The van der Waals surface area contributed by atoms with Gasteiger partial charge in [-0.3, -0.25) is 9.36 Å². The van der Waals surface area contributed by atoms with Crippen LogP contribution >= 0.6 is 24.0 Å². The maximum absolute atomic E-state index is 5.39. The molecule has 0 saturated heterocycles. The molecule has 29 heavy (non-hydrogen) atoms. The molecule has 0 spiro atoms. The van der Waals surface area contributed by atoms with Gasteiger partial charge in [0.25, 0.3) is 0 Å². The molecule has 4 N–H and O–H groups in total. The summed E-state index contributed by atoms with van der Waals surface area (Å²) in [7, 11) is 5.60. The van der Waals surface area contributed by atoms with E-state index in [1.165, 1.54) is 12.8 Å². The number of nitrogen functional groups attached to an aromatic ring is 1. The molecule has 1 radical (unpaired) electrons. The zero-order valence-corrected chi connectivity index (χ0v) is 23.5. The zero-order chi connectivity index (χ0) is 19.8. The Morgan fingerprint density at radius 3 is 2.31 bits per heavy atom. The van der Waals surface area contributed by atoms with Crippen molar-refractivity contribution in [2.75, 3.05) is 17.8 Å². The summed E-state index contributed by atoms with van der Waals surface area (Å²) in [6, 6.07) is 3.98. The van der Waals surface area contributed by atoms with Crippen molar-refractivity contribution in [2.45, 2.75) is 32.6 Å². The van der Waals surface area contributed by atoms with Crippen LogP contribution in [0.1, 0.15) is 38.3 Å². The van der Waals surface area contributed by atoms with E-state index >= 15 is 0 Å². The number of hydrazine groups is 1. The van der Waals surface area contributed by atoms with Crippen LogP contribution in [0.25, 0.3) is 11.4 Å². The fourth-order valence-electron chi connectivity index (χ4n) is 2.45. The van der Waals surface area contributed by atoms with E-state index in [1.54, 1.807) is 24.1 Å². The molecule has 3 heterocycles. The van der Waals surface area contributed by atoms with E-state index in [9.17, 15) is 0 Å². The predicted octanol–water partition coefficient (Wildman–Crippen LogP) is 2.77. The minimum absolute atomic E-state index is 0. The molecule has 155 valence electrons. The van der Waals surface area contributed by atoms with Crippen LogP contribution in [-0.4, -0.2) is 88.0 Å². The van der Waals surface area contributed by atoms with E-state index in [2.05, 4.69) is 37.0 Å². The molecule has 11 heteroatoms. The molecule has 1 saturated carbocycles. The molecule has 1 aliphatic rings. The van der Waals surface area contributed by atoms with Gasteiger partial charge in [-0.05, 0) is 25.0 Å². The largest absolute Gasteiger partial charge is 0.370 e. The van der Waals surface area contributed by atoms with E-state index in [0.29, 0.717) is 17.6 Å². The van der Waals surface area contributed by atoms with Crippen LogP contribution in [0.5, 0.6) is 0 Å². The van der Waals surface area contributed by atoms with E-state index in [-0.39, 0.29) is 75.4 Å². The Morgan fingerprint density at radius 2 is 1.86 bits per heavy atom. The molecule has 3 aromatic heterocycles. The number of hydrogen-bond acceptors (Lipinski definition) is 7. The first-order valence-electron chi connectivity index (χ1n) is 9.11. The Labute approximate surface area is 232 Å². The van der Waals surface area contributed by atoms with Crippen molar-refractivity contribution in [1.29, 1.82) is 0 Å². The first-order chi connectivity index (χ1) is 13.1. The van der Waals surface area contributed by atoms with Crippen molar-refractivity contribution in [3.05, 3.63) is 36.4 Å². The number of nitrogens with one attached hydrogen (secondary N) is 2. The number of rotatable bonds is 4. The number of anilines is 2. The molecule has 0 unspecified atom stereocenters. The molecular formula is C18H30IKN9. The number of aryl methyl sites for hydroxylation is 2. The average Bonchev–Trinajstić information content (AvgIpc) is 3.33. The third-order valence-electron chi connectivity index (χ3n) is 3.94. The fraction of sp³-hybridized carbons (Fsp3) is 0.444. The van der Waals surface area contributed by atoms with Crippen LogP contribution in [0.15, 0.2) is 30.7 Å². The molecule has 1 aliphatic carbocycles. The molecule has 0 atom stereocenters. The van der Waals surface area contributed by atoms with Crippen LogP contribution in [0.4, 0.5) is 11.6 Å². The molecule has 0 aliphatic heterocycles. The van der Waals surface area contributed by atoms with Crippen molar-refractivity contribution in [3.63, 3.8) is 0 Å². The Hall–Kier alpha value is -0.574. The normalized spacial score (nSPS) is 11.5. The van der Waals surface area contributed by atoms with Gasteiger partial charge in [0.1, 0.15) is 5.69 Å². The Kier molecular flexibility index (Phi) is 14.1. The summed E-state index contributed by atoms with van der Waals surface area (Å²) < 4.78 is 3.60. The molecule has 9 nitrogen and oxygen atoms in total. The van der Waals surface area contributed by atoms with Gasteiger partial charge in [0.15, 0.2) is 11.6 Å². The number of nitrogens with two attached hydrogens (primary N) is 1. The van der Waals surface area contributed by atoms with Crippen LogP contribution in [0.3, 0.4) is 0 Å². The van der Waals surface area contributed by atoms with Gasteiger partial charge >= 0.3 is 0 Å². The van der Waals surface area contributed by atoms with Gasteiger partial charge in [0, 0.05) is 90.8 Å². The molecule has 1 fully saturated rings. The summed E-state index contributed by atoms with van der Waals surface area (Å²) in [6.45, 7) is 4.00. The van der Waals surface area contributed by atoms with Crippen molar-refractivity contribution in [3.8, 4) is 11.4 Å². The summed E-state index contributed by atoms with van der Waals surface area (Å²) in [6.07, 6.45) is 7.81. The number of nitrogens with zero attached hydrogens (tertiary/aromatic N) is 6. The predicted molar refractivity (Wildman–Crippen MR) is 129 cm³/mol. The van der Waals surface area contributed by atoms with Crippen LogP contribution in [0, 0.1) is 0 Å². The van der Waals surface area contributed by atoms with Gasteiger partial charge in [-0.25, -0.2) is 15.8 Å². The van der Waals surface area contributed by atoms with E-state index in [1.807, 2.05) is 44.9 Å². The topological polar surface area (TPSA) is 111 Å². The van der Waals surface area contributed by atoms with E-state index < -0.39 is 0 Å². The van der Waals surface area contributed by atoms with Crippen molar-refractivity contribution in [2.24, 2.45) is 19.9 Å². The van der Waals surface area contributed by atoms with Crippen molar-refractivity contribution < 1.29 is 0 Å². The van der Waals surface area contributed by atoms with Crippen LogP contribution in [-0.2, 0) is 14.1 Å². The van der Waals surface area contributed by atoms with Crippen molar-refractivity contribution >= 4 is 87.0 Å². The quantitative estimate of drug-likeness (QED) is 0.203. The maximum atomic E-state index is 5.39. The zero-order valence-electron chi connectivity index (χ0n) is 18.0. The fourth-order valence-corrected chi connectivity index (χ4v) is 2.45. The first kappa shape index (κ1) is 28.4. The van der Waals surface area contributed by atoms with Gasteiger partial charge in [0.05, 0.1) is 17.6 Å². The van der Waals surface area contributed by atoms with Gasteiger partial charge in [-0.2, -0.15) is 10.2 Å². The maximum Gasteiger partial charge on any atom is 0.183 e.